The van der Waals surface area contributed by atoms with Gasteiger partial charge in [0.25, 0.3) is 0 Å². The molecule has 0 aliphatic heterocycles. The molecule has 1 rings (SSSR count). The van der Waals surface area contributed by atoms with Gasteiger partial charge in [0, 0.05) is 13.2 Å². The fourth-order valence-electron chi connectivity index (χ4n) is 1.50. The number of carbonyl (C=O) groups excluding carboxylic acids is 1. The lowest BCUT2D eigenvalue weighted by Crippen LogP contribution is -2.33. The number of aliphatic hydroxyl groups excluding tert-OH is 1. The maximum Gasteiger partial charge on any atom is 0.233 e. The van der Waals surface area contributed by atoms with Gasteiger partial charge in [-0.2, -0.15) is 12.6 Å². The van der Waals surface area contributed by atoms with E-state index in [2.05, 4.69) is 17.9 Å². The van der Waals surface area contributed by atoms with Gasteiger partial charge in [-0.05, 0) is 24.8 Å². The molecule has 4 heteroatoms. The summed E-state index contributed by atoms with van der Waals surface area (Å²) >= 11 is 4.30. The van der Waals surface area contributed by atoms with Gasteiger partial charge in [0.1, 0.15) is 0 Å². The van der Waals surface area contributed by atoms with E-state index >= 15 is 0 Å². The van der Waals surface area contributed by atoms with E-state index in [1.807, 2.05) is 30.3 Å². The quantitative estimate of drug-likeness (QED) is 0.508. The fraction of sp³-hybridized carbons (Fsp3) is 0.462. The zero-order valence-corrected chi connectivity index (χ0v) is 10.7. The van der Waals surface area contributed by atoms with Gasteiger partial charge in [0.05, 0.1) is 5.25 Å². The van der Waals surface area contributed by atoms with Crippen LogP contribution in [0.3, 0.4) is 0 Å². The Balaban J connectivity index is 2.27. The van der Waals surface area contributed by atoms with Crippen molar-refractivity contribution in [3.63, 3.8) is 0 Å². The van der Waals surface area contributed by atoms with E-state index in [0.29, 0.717) is 13.0 Å². The van der Waals surface area contributed by atoms with Crippen LogP contribution in [0.2, 0.25) is 0 Å². The number of rotatable bonds is 7. The molecule has 17 heavy (non-hydrogen) atoms. The van der Waals surface area contributed by atoms with E-state index in [-0.39, 0.29) is 17.8 Å². The molecule has 1 atom stereocenters. The highest BCUT2D eigenvalue weighted by atomic mass is 32.1. The maximum absolute atomic E-state index is 11.7. The van der Waals surface area contributed by atoms with E-state index in [1.165, 1.54) is 0 Å². The van der Waals surface area contributed by atoms with Crippen LogP contribution in [0.5, 0.6) is 0 Å². The van der Waals surface area contributed by atoms with E-state index in [0.717, 1.165) is 18.4 Å². The lowest BCUT2D eigenvalue weighted by molar-refractivity contribution is -0.120. The highest BCUT2D eigenvalue weighted by Gasteiger charge is 2.13. The largest absolute Gasteiger partial charge is 0.396 e. The predicted molar refractivity (Wildman–Crippen MR) is 72.2 cm³/mol. The van der Waals surface area contributed by atoms with Gasteiger partial charge in [-0.15, -0.1) is 0 Å². The number of hydrogen-bond acceptors (Lipinski definition) is 3. The first-order valence-corrected chi connectivity index (χ1v) is 6.36. The smallest absolute Gasteiger partial charge is 0.233 e. The summed E-state index contributed by atoms with van der Waals surface area (Å²) in [4.78, 5) is 11.7. The van der Waals surface area contributed by atoms with Crippen LogP contribution in [0.25, 0.3) is 0 Å². The Kier molecular flexibility index (Phi) is 6.74. The first-order valence-electron chi connectivity index (χ1n) is 5.84. The number of thiol groups is 1. The van der Waals surface area contributed by atoms with E-state index in [4.69, 9.17) is 5.11 Å². The van der Waals surface area contributed by atoms with Crippen molar-refractivity contribution in [3.8, 4) is 0 Å². The Hall–Kier alpha value is -1.00. The third-order valence-corrected chi connectivity index (χ3v) is 2.88. The monoisotopic (exact) mass is 253 g/mol. The lowest BCUT2D eigenvalue weighted by Gasteiger charge is -2.11. The second kappa shape index (κ2) is 8.14. The van der Waals surface area contributed by atoms with Crippen LogP contribution in [0.1, 0.15) is 18.4 Å². The van der Waals surface area contributed by atoms with Crippen LogP contribution < -0.4 is 5.32 Å². The average Bonchev–Trinajstić information content (AvgIpc) is 2.35. The summed E-state index contributed by atoms with van der Waals surface area (Å²) < 4.78 is 0. The van der Waals surface area contributed by atoms with Crippen LogP contribution in [0, 0.1) is 0 Å². The van der Waals surface area contributed by atoms with Crippen molar-refractivity contribution in [3.05, 3.63) is 35.9 Å². The molecule has 1 amide bonds. The molecule has 0 bridgehead atoms. The molecule has 2 N–H and O–H groups in total. The molecule has 0 heterocycles. The Bertz CT molecular complexity index is 329. The number of nitrogens with one attached hydrogen (secondary N) is 1. The Morgan fingerprint density at radius 2 is 2.00 bits per heavy atom. The lowest BCUT2D eigenvalue weighted by atomic mass is 10.1. The Labute approximate surface area is 108 Å². The highest BCUT2D eigenvalue weighted by molar-refractivity contribution is 7.81. The molecule has 1 unspecified atom stereocenters. The van der Waals surface area contributed by atoms with E-state index < -0.39 is 0 Å². The Morgan fingerprint density at radius 3 is 2.65 bits per heavy atom. The van der Waals surface area contributed by atoms with Crippen molar-refractivity contribution in [2.75, 3.05) is 13.2 Å². The number of amides is 1. The zero-order valence-electron chi connectivity index (χ0n) is 9.80. The molecule has 94 valence electrons. The summed E-state index contributed by atoms with van der Waals surface area (Å²) in [5, 5.41) is 11.1. The van der Waals surface area contributed by atoms with Gasteiger partial charge in [0.2, 0.25) is 5.91 Å². The van der Waals surface area contributed by atoms with Crippen molar-refractivity contribution < 1.29 is 9.90 Å². The standard InChI is InChI=1S/C13H19NO2S/c15-9-5-4-8-14-13(16)12(17)10-11-6-2-1-3-7-11/h1-3,6-7,12,15,17H,4-5,8-10H2,(H,14,16). The predicted octanol–water partition coefficient (Wildman–Crippen LogP) is 1.42. The summed E-state index contributed by atoms with van der Waals surface area (Å²) in [7, 11) is 0. The van der Waals surface area contributed by atoms with Gasteiger partial charge in [0.15, 0.2) is 0 Å². The van der Waals surface area contributed by atoms with Crippen LogP contribution in [0.4, 0.5) is 0 Å². The molecule has 0 spiro atoms. The first kappa shape index (κ1) is 14.1. The normalized spacial score (nSPS) is 12.1. The van der Waals surface area contributed by atoms with Gasteiger partial charge in [-0.25, -0.2) is 0 Å². The van der Waals surface area contributed by atoms with Crippen LogP contribution in [0.15, 0.2) is 30.3 Å². The zero-order chi connectivity index (χ0) is 12.5. The molecule has 3 nitrogen and oxygen atoms in total. The number of hydrogen-bond donors (Lipinski definition) is 3. The van der Waals surface area contributed by atoms with Crippen molar-refractivity contribution >= 4 is 18.5 Å². The minimum Gasteiger partial charge on any atom is -0.396 e. The van der Waals surface area contributed by atoms with Gasteiger partial charge in [-0.3, -0.25) is 4.79 Å². The SMILES string of the molecule is O=C(NCCCCO)C(S)Cc1ccccc1. The first-order chi connectivity index (χ1) is 8.24. The van der Waals surface area contributed by atoms with Crippen LogP contribution in [-0.4, -0.2) is 29.4 Å². The molecular weight excluding hydrogens is 234 g/mol. The van der Waals surface area contributed by atoms with Crippen molar-refractivity contribution in [1.82, 2.24) is 5.32 Å². The molecule has 0 aliphatic carbocycles. The molecule has 1 aromatic carbocycles. The van der Waals surface area contributed by atoms with E-state index in [1.54, 1.807) is 0 Å². The molecule has 0 radical (unpaired) electrons. The Morgan fingerprint density at radius 1 is 1.29 bits per heavy atom. The summed E-state index contributed by atoms with van der Waals surface area (Å²) in [5.74, 6) is -0.0462. The minimum absolute atomic E-state index is 0.0462. The van der Waals surface area contributed by atoms with Crippen molar-refractivity contribution in [1.29, 1.82) is 0 Å². The third-order valence-electron chi connectivity index (χ3n) is 2.46. The molecule has 0 saturated carbocycles. The molecule has 0 aromatic heterocycles. The van der Waals surface area contributed by atoms with Gasteiger partial charge in [-0.1, -0.05) is 30.3 Å². The second-order valence-corrected chi connectivity index (χ2v) is 4.55. The summed E-state index contributed by atoms with van der Waals surface area (Å²) in [6.07, 6.45) is 2.15. The topological polar surface area (TPSA) is 49.3 Å². The molecular formula is C13H19NO2S. The minimum atomic E-state index is -0.313. The van der Waals surface area contributed by atoms with Gasteiger partial charge >= 0.3 is 0 Å². The average molecular weight is 253 g/mol. The number of carbonyl (C=O) groups is 1. The molecule has 1 aromatic rings. The molecule has 0 fully saturated rings. The van der Waals surface area contributed by atoms with Crippen molar-refractivity contribution in [2.24, 2.45) is 0 Å². The number of unbranched alkanes of at least 4 members (excludes halogenated alkanes) is 1. The van der Waals surface area contributed by atoms with E-state index in [9.17, 15) is 4.79 Å². The fourth-order valence-corrected chi connectivity index (χ4v) is 1.80. The van der Waals surface area contributed by atoms with Crippen molar-refractivity contribution in [2.45, 2.75) is 24.5 Å². The summed E-state index contributed by atoms with van der Waals surface area (Å²) in [6.45, 7) is 0.773. The number of benzene rings is 1. The molecule has 0 aliphatic rings. The second-order valence-electron chi connectivity index (χ2n) is 3.93. The third kappa shape index (κ3) is 5.75. The van der Waals surface area contributed by atoms with Gasteiger partial charge < -0.3 is 10.4 Å². The highest BCUT2D eigenvalue weighted by Crippen LogP contribution is 2.07. The maximum atomic E-state index is 11.7. The van der Waals surface area contributed by atoms with Crippen LogP contribution in [-0.2, 0) is 11.2 Å². The summed E-state index contributed by atoms with van der Waals surface area (Å²) in [5.41, 5.74) is 1.11. The molecule has 0 saturated heterocycles. The van der Waals surface area contributed by atoms with Crippen LogP contribution >= 0.6 is 12.6 Å². The number of aliphatic hydroxyl groups is 1. The summed E-state index contributed by atoms with van der Waals surface area (Å²) in [6, 6.07) is 9.83.